The van der Waals surface area contributed by atoms with Crippen molar-refractivity contribution in [1.29, 1.82) is 0 Å². The molecule has 6 heterocycles. The zero-order valence-corrected chi connectivity index (χ0v) is 17.2. The molecule has 3 aliphatic rings. The smallest absolute Gasteiger partial charge is 0.377 e. The molecular weight excluding hydrogens is 425 g/mol. The molecule has 0 bridgehead atoms. The third-order valence-electron chi connectivity index (χ3n) is 6.71. The lowest BCUT2D eigenvalue weighted by Gasteiger charge is -2.27. The highest BCUT2D eigenvalue weighted by molar-refractivity contribution is 5.71. The second-order valence-corrected chi connectivity index (χ2v) is 8.82. The number of nitrogens with zero attached hydrogens (tertiary/aromatic N) is 8. The first-order valence-corrected chi connectivity index (χ1v) is 10.6. The molecule has 3 saturated heterocycles. The molecule has 6 rings (SSSR count). The van der Waals surface area contributed by atoms with Gasteiger partial charge in [0.15, 0.2) is 5.65 Å². The van der Waals surface area contributed by atoms with Gasteiger partial charge in [-0.05, 0) is 12.8 Å². The Morgan fingerprint density at radius 2 is 1.66 bits per heavy atom. The number of aromatic nitrogens is 6. The van der Waals surface area contributed by atoms with Gasteiger partial charge in [-0.3, -0.25) is 0 Å². The van der Waals surface area contributed by atoms with Gasteiger partial charge in [0.1, 0.15) is 17.4 Å². The van der Waals surface area contributed by atoms with Crippen LogP contribution in [0.3, 0.4) is 0 Å². The van der Waals surface area contributed by atoms with Gasteiger partial charge in [0.2, 0.25) is 5.82 Å². The summed E-state index contributed by atoms with van der Waals surface area (Å²) in [6.07, 6.45) is 3.48. The third-order valence-corrected chi connectivity index (χ3v) is 6.71. The Kier molecular flexibility index (Phi) is 4.29. The fourth-order valence-corrected chi connectivity index (χ4v) is 4.85. The summed E-state index contributed by atoms with van der Waals surface area (Å²) in [5.41, 5.74) is 2.22. The van der Waals surface area contributed by atoms with Crippen molar-refractivity contribution in [2.75, 3.05) is 49.2 Å². The van der Waals surface area contributed by atoms with E-state index >= 15 is 0 Å². The Bertz CT molecular complexity index is 1150. The minimum atomic E-state index is -4.53. The molecule has 3 aromatic rings. The summed E-state index contributed by atoms with van der Waals surface area (Å²) in [5.74, 6) is -0.281. The van der Waals surface area contributed by atoms with E-state index in [0.29, 0.717) is 18.9 Å². The first kappa shape index (κ1) is 19.6. The van der Waals surface area contributed by atoms with Crippen LogP contribution in [-0.2, 0) is 10.9 Å². The first-order valence-electron chi connectivity index (χ1n) is 10.6. The summed E-state index contributed by atoms with van der Waals surface area (Å²) in [7, 11) is 0. The molecule has 168 valence electrons. The molecule has 0 aromatic carbocycles. The minimum Gasteiger partial charge on any atom is -0.377 e. The topological polar surface area (TPSA) is 85.1 Å². The highest BCUT2D eigenvalue weighted by Crippen LogP contribution is 2.42. The van der Waals surface area contributed by atoms with E-state index < -0.39 is 12.0 Å². The van der Waals surface area contributed by atoms with Crippen LogP contribution in [0.1, 0.15) is 24.7 Å². The molecule has 1 atom stereocenters. The Morgan fingerprint density at radius 1 is 0.938 bits per heavy atom. The summed E-state index contributed by atoms with van der Waals surface area (Å²) >= 11 is 0. The zero-order chi connectivity index (χ0) is 21.9. The molecule has 3 fully saturated rings. The molecule has 1 spiro atoms. The molecule has 0 amide bonds. The van der Waals surface area contributed by atoms with Crippen LogP contribution in [-0.4, -0.2) is 69.1 Å². The average molecular weight is 446 g/mol. The average Bonchev–Trinajstić information content (AvgIpc) is 3.46. The number of halogens is 3. The van der Waals surface area contributed by atoms with E-state index in [0.717, 1.165) is 56.0 Å². The molecule has 12 heteroatoms. The minimum absolute atomic E-state index is 0.0569. The van der Waals surface area contributed by atoms with Crippen LogP contribution in [0.4, 0.5) is 24.7 Å². The Balaban J connectivity index is 1.18. The molecule has 0 saturated carbocycles. The van der Waals surface area contributed by atoms with Crippen molar-refractivity contribution in [3.05, 3.63) is 30.6 Å². The molecule has 3 aromatic heterocycles. The standard InChI is InChI=1S/C20H21F3N8O/c21-20(22,23)18-25-5-13(6-26-18)29-3-1-19(11-29)2-4-30(12-19)16-8-24-15-7-27-31(17(15)28-16)14-9-32-10-14/h5-8,14H,1-4,9-12H2. The van der Waals surface area contributed by atoms with Crippen LogP contribution in [0.15, 0.2) is 24.8 Å². The predicted molar refractivity (Wildman–Crippen MR) is 108 cm³/mol. The Labute approximate surface area is 181 Å². The first-order chi connectivity index (χ1) is 15.4. The van der Waals surface area contributed by atoms with Gasteiger partial charge in [-0.1, -0.05) is 0 Å². The van der Waals surface area contributed by atoms with Crippen LogP contribution < -0.4 is 9.80 Å². The van der Waals surface area contributed by atoms with Gasteiger partial charge in [-0.2, -0.15) is 18.3 Å². The summed E-state index contributed by atoms with van der Waals surface area (Å²) < 4.78 is 45.4. The van der Waals surface area contributed by atoms with Crippen LogP contribution in [0, 0.1) is 5.41 Å². The van der Waals surface area contributed by atoms with Crippen molar-refractivity contribution in [3.63, 3.8) is 0 Å². The second-order valence-electron chi connectivity index (χ2n) is 8.82. The zero-order valence-electron chi connectivity index (χ0n) is 17.2. The van der Waals surface area contributed by atoms with Gasteiger partial charge in [0.05, 0.1) is 43.7 Å². The van der Waals surface area contributed by atoms with Crippen molar-refractivity contribution in [2.24, 2.45) is 5.41 Å². The number of rotatable bonds is 3. The van der Waals surface area contributed by atoms with E-state index in [4.69, 9.17) is 9.72 Å². The number of fused-ring (bicyclic) bond motifs is 1. The van der Waals surface area contributed by atoms with Crippen molar-refractivity contribution in [1.82, 2.24) is 29.7 Å². The van der Waals surface area contributed by atoms with Gasteiger partial charge in [-0.15, -0.1) is 0 Å². The van der Waals surface area contributed by atoms with E-state index in [2.05, 4.69) is 29.9 Å². The van der Waals surface area contributed by atoms with E-state index in [1.807, 2.05) is 4.68 Å². The van der Waals surface area contributed by atoms with Crippen molar-refractivity contribution in [2.45, 2.75) is 25.1 Å². The monoisotopic (exact) mass is 446 g/mol. The fraction of sp³-hybridized carbons (Fsp3) is 0.550. The van der Waals surface area contributed by atoms with Gasteiger partial charge in [-0.25, -0.2) is 24.6 Å². The number of alkyl halides is 3. The molecule has 32 heavy (non-hydrogen) atoms. The quantitative estimate of drug-likeness (QED) is 0.606. The van der Waals surface area contributed by atoms with E-state index in [1.54, 1.807) is 12.4 Å². The summed E-state index contributed by atoms with van der Waals surface area (Å²) in [6.45, 7) is 4.48. The Morgan fingerprint density at radius 3 is 2.34 bits per heavy atom. The molecule has 3 aliphatic heterocycles. The lowest BCUT2D eigenvalue weighted by molar-refractivity contribution is -0.144. The molecule has 0 aliphatic carbocycles. The van der Waals surface area contributed by atoms with Gasteiger partial charge in [0.25, 0.3) is 0 Å². The summed E-state index contributed by atoms with van der Waals surface area (Å²) in [5, 5.41) is 4.43. The van der Waals surface area contributed by atoms with Gasteiger partial charge in [0, 0.05) is 31.6 Å². The van der Waals surface area contributed by atoms with Crippen LogP contribution in [0.2, 0.25) is 0 Å². The van der Waals surface area contributed by atoms with Crippen molar-refractivity contribution in [3.8, 4) is 0 Å². The molecule has 0 N–H and O–H groups in total. The molecule has 1 unspecified atom stereocenters. The van der Waals surface area contributed by atoms with Crippen molar-refractivity contribution < 1.29 is 17.9 Å². The fourth-order valence-electron chi connectivity index (χ4n) is 4.85. The van der Waals surface area contributed by atoms with E-state index in [-0.39, 0.29) is 11.5 Å². The highest BCUT2D eigenvalue weighted by atomic mass is 19.4. The maximum atomic E-state index is 12.7. The number of anilines is 2. The largest absolute Gasteiger partial charge is 0.451 e. The number of hydrogen-bond acceptors (Lipinski definition) is 8. The van der Waals surface area contributed by atoms with E-state index in [9.17, 15) is 13.2 Å². The summed E-state index contributed by atoms with van der Waals surface area (Å²) in [6, 6.07) is 0.205. The molecule has 9 nitrogen and oxygen atoms in total. The molecular formula is C20H21F3N8O. The lowest BCUT2D eigenvalue weighted by atomic mass is 9.86. The maximum Gasteiger partial charge on any atom is 0.451 e. The number of hydrogen-bond donors (Lipinski definition) is 0. The second kappa shape index (κ2) is 6.99. The van der Waals surface area contributed by atoms with Crippen LogP contribution in [0.5, 0.6) is 0 Å². The van der Waals surface area contributed by atoms with E-state index in [1.165, 1.54) is 12.4 Å². The maximum absolute atomic E-state index is 12.7. The lowest BCUT2D eigenvalue weighted by Crippen LogP contribution is -2.32. The van der Waals surface area contributed by atoms with Gasteiger partial charge < -0.3 is 14.5 Å². The third kappa shape index (κ3) is 3.24. The normalized spacial score (nSPS) is 24.1. The SMILES string of the molecule is FC(F)(F)c1ncc(N2CCC3(CCN(c4cnc5cnn(C6COC6)c5n4)C3)C2)cn1. The molecule has 0 radical (unpaired) electrons. The predicted octanol–water partition coefficient (Wildman–Crippen LogP) is 2.31. The van der Waals surface area contributed by atoms with Crippen molar-refractivity contribution >= 4 is 22.7 Å². The summed E-state index contributed by atoms with van der Waals surface area (Å²) in [4.78, 5) is 20.7. The Hall–Kier alpha value is -3.02. The van der Waals surface area contributed by atoms with Crippen LogP contribution >= 0.6 is 0 Å². The number of ether oxygens (including phenoxy) is 1. The van der Waals surface area contributed by atoms with Gasteiger partial charge >= 0.3 is 6.18 Å². The highest BCUT2D eigenvalue weighted by Gasteiger charge is 2.44. The van der Waals surface area contributed by atoms with Crippen LogP contribution in [0.25, 0.3) is 11.2 Å².